The third-order valence-corrected chi connectivity index (χ3v) is 12.7. The second-order valence-electron chi connectivity index (χ2n) is 16.9. The van der Waals surface area contributed by atoms with Crippen LogP contribution < -0.4 is 0 Å². The molecule has 322 valence electrons. The number of likely N-dealkylation sites (N-methyl/N-ethyl adjacent to an activating group) is 1. The summed E-state index contributed by atoms with van der Waals surface area (Å²) < 4.78 is 33.3. The number of hydrogen-bond donors (Lipinski definition) is 1. The van der Waals surface area contributed by atoms with Crippen LogP contribution in [-0.2, 0) is 44.6 Å². The van der Waals surface area contributed by atoms with Gasteiger partial charge in [0.1, 0.15) is 30.2 Å². The Morgan fingerprint density at radius 1 is 1.03 bits per heavy atom. The lowest BCUT2D eigenvalue weighted by molar-refractivity contribution is -0.295. The van der Waals surface area contributed by atoms with Crippen molar-refractivity contribution in [3.63, 3.8) is 0 Å². The minimum atomic E-state index is -1.34. The molecule has 12 atom stereocenters. The fourth-order valence-electron chi connectivity index (χ4n) is 9.12. The Morgan fingerprint density at radius 3 is 2.36 bits per heavy atom. The molecule has 2 aromatic rings. The summed E-state index contributed by atoms with van der Waals surface area (Å²) in [5.74, 6) is -4.16. The molecule has 3 aliphatic heterocycles. The number of amides is 1. The van der Waals surface area contributed by atoms with Crippen LogP contribution in [0.15, 0.2) is 31.2 Å². The van der Waals surface area contributed by atoms with Gasteiger partial charge in [0, 0.05) is 68.7 Å². The summed E-state index contributed by atoms with van der Waals surface area (Å²) in [6.45, 7) is 13.3. The van der Waals surface area contributed by atoms with Gasteiger partial charge in [-0.3, -0.25) is 14.4 Å². The van der Waals surface area contributed by atoms with Crippen molar-refractivity contribution in [3.8, 4) is 11.3 Å². The molecule has 0 radical (unpaired) electrons. The van der Waals surface area contributed by atoms with Crippen molar-refractivity contribution in [1.82, 2.24) is 29.3 Å². The smallest absolute Gasteiger partial charge is 0.410 e. The van der Waals surface area contributed by atoms with Crippen LogP contribution in [0.4, 0.5) is 4.79 Å². The van der Waals surface area contributed by atoms with E-state index in [9.17, 15) is 24.3 Å². The van der Waals surface area contributed by atoms with Gasteiger partial charge in [0.05, 0.1) is 35.9 Å². The Kier molecular flexibility index (Phi) is 14.9. The number of carbonyl (C=O) groups excluding carboxylic acids is 4. The minimum absolute atomic E-state index is 0.0549. The summed E-state index contributed by atoms with van der Waals surface area (Å²) in [5, 5.41) is 11.4. The SMILES string of the molecule is CC[C@H]1OC(=O)[C@H](C)C(=O)[C@H](C)[C@@H](OC2O[C@H](C)C[C@H](N(C)C)[C@H]2O)[C@](C)(OC)C[C@@H](C)C(=O)C[C@H]2N(CCCCn3cnc(-c4cncnc4)c3)C(=O)O[C@]12CC. The first-order chi connectivity index (χ1) is 27.5. The van der Waals surface area contributed by atoms with Crippen LogP contribution in [0.5, 0.6) is 0 Å². The number of ketones is 2. The van der Waals surface area contributed by atoms with Gasteiger partial charge >= 0.3 is 12.1 Å². The van der Waals surface area contributed by atoms with Crippen molar-refractivity contribution in [2.75, 3.05) is 27.7 Å². The number of unbranched alkanes of at least 4 members (excludes halogenated alkanes) is 1. The van der Waals surface area contributed by atoms with Crippen LogP contribution in [0.1, 0.15) is 93.4 Å². The van der Waals surface area contributed by atoms with Gasteiger partial charge in [0.2, 0.25) is 0 Å². The minimum Gasteiger partial charge on any atom is -0.457 e. The molecule has 0 aliphatic carbocycles. The van der Waals surface area contributed by atoms with E-state index in [1.54, 1.807) is 37.5 Å². The molecule has 0 bridgehead atoms. The molecule has 1 N–H and O–H groups in total. The van der Waals surface area contributed by atoms with Gasteiger partial charge in [-0.2, -0.15) is 0 Å². The van der Waals surface area contributed by atoms with Crippen LogP contribution in [-0.4, -0.2) is 140 Å². The number of aryl methyl sites for hydroxylation is 1. The largest absolute Gasteiger partial charge is 0.457 e. The Bertz CT molecular complexity index is 1730. The van der Waals surface area contributed by atoms with E-state index in [0.29, 0.717) is 32.4 Å². The predicted octanol–water partition coefficient (Wildman–Crippen LogP) is 4.47. The predicted molar refractivity (Wildman–Crippen MR) is 212 cm³/mol. The Labute approximate surface area is 342 Å². The molecule has 1 unspecified atom stereocenters. The molecule has 5 rings (SSSR count). The number of Topliss-reactive ketones (excluding diaryl/α,β-unsaturated/α-hetero) is 2. The Morgan fingerprint density at radius 2 is 1.72 bits per heavy atom. The molecule has 2 aromatic heterocycles. The van der Waals surface area contributed by atoms with Crippen molar-refractivity contribution in [1.29, 1.82) is 0 Å². The number of nitrogens with zero attached hydrogens (tertiary/aromatic N) is 6. The fraction of sp³-hybridized carbons (Fsp3) is 0.738. The summed E-state index contributed by atoms with van der Waals surface area (Å²) >= 11 is 0. The Balaban J connectivity index is 1.42. The van der Waals surface area contributed by atoms with Crippen LogP contribution in [0.3, 0.4) is 0 Å². The van der Waals surface area contributed by atoms with E-state index in [1.165, 1.54) is 20.4 Å². The Hall–Kier alpha value is -3.83. The lowest BCUT2D eigenvalue weighted by Gasteiger charge is -2.47. The maximum Gasteiger partial charge on any atom is 0.410 e. The van der Waals surface area contributed by atoms with Gasteiger partial charge in [-0.25, -0.2) is 19.7 Å². The van der Waals surface area contributed by atoms with E-state index < -0.39 is 77.4 Å². The van der Waals surface area contributed by atoms with Crippen LogP contribution in [0.25, 0.3) is 11.3 Å². The maximum absolute atomic E-state index is 14.5. The number of cyclic esters (lactones) is 1. The number of ether oxygens (including phenoxy) is 5. The van der Waals surface area contributed by atoms with E-state index in [-0.39, 0.29) is 43.6 Å². The van der Waals surface area contributed by atoms with Crippen molar-refractivity contribution in [3.05, 3.63) is 31.2 Å². The number of carbonyl (C=O) groups is 4. The first kappa shape index (κ1) is 45.3. The number of aromatic nitrogens is 4. The summed E-state index contributed by atoms with van der Waals surface area (Å²) in [6.07, 6.45) is 6.07. The average molecular weight is 813 g/mol. The lowest BCUT2D eigenvalue weighted by Crippen LogP contribution is -2.59. The third-order valence-electron chi connectivity index (χ3n) is 12.7. The van der Waals surface area contributed by atoms with Gasteiger partial charge in [-0.15, -0.1) is 0 Å². The van der Waals surface area contributed by atoms with Crippen molar-refractivity contribution in [2.45, 2.75) is 154 Å². The lowest BCUT2D eigenvalue weighted by atomic mass is 9.75. The van der Waals surface area contributed by atoms with Crippen molar-refractivity contribution >= 4 is 23.6 Å². The molecule has 0 spiro atoms. The topological polar surface area (TPSA) is 185 Å². The molecule has 3 saturated heterocycles. The van der Waals surface area contributed by atoms with E-state index in [0.717, 1.165) is 11.3 Å². The molecule has 3 fully saturated rings. The molecular formula is C42H64N6O10. The summed E-state index contributed by atoms with van der Waals surface area (Å²) in [4.78, 5) is 72.8. The van der Waals surface area contributed by atoms with Crippen LogP contribution in [0, 0.1) is 17.8 Å². The number of fused-ring (bicyclic) bond motifs is 1. The third kappa shape index (κ3) is 9.46. The quantitative estimate of drug-likeness (QED) is 0.180. The molecule has 16 heteroatoms. The molecule has 16 nitrogen and oxygen atoms in total. The summed E-state index contributed by atoms with van der Waals surface area (Å²) in [6, 6.07) is -1.03. The molecule has 0 aromatic carbocycles. The average Bonchev–Trinajstić information content (AvgIpc) is 3.79. The second-order valence-corrected chi connectivity index (χ2v) is 16.9. The van der Waals surface area contributed by atoms with Crippen LogP contribution in [0.2, 0.25) is 0 Å². The molecule has 58 heavy (non-hydrogen) atoms. The first-order valence-electron chi connectivity index (χ1n) is 20.7. The van der Waals surface area contributed by atoms with E-state index in [2.05, 4.69) is 15.0 Å². The number of hydrogen-bond acceptors (Lipinski definition) is 14. The van der Waals surface area contributed by atoms with Gasteiger partial charge in [-0.05, 0) is 73.4 Å². The first-order valence-corrected chi connectivity index (χ1v) is 20.7. The molecule has 5 heterocycles. The number of methoxy groups -OCH3 is 1. The number of aliphatic hydroxyl groups excluding tert-OH is 1. The second kappa shape index (κ2) is 19.0. The monoisotopic (exact) mass is 812 g/mol. The normalized spacial score (nSPS) is 35.4. The van der Waals surface area contributed by atoms with Crippen LogP contribution >= 0.6 is 0 Å². The molecule has 3 aliphatic rings. The van der Waals surface area contributed by atoms with Gasteiger partial charge in [0.15, 0.2) is 17.7 Å². The van der Waals surface area contributed by atoms with E-state index in [1.807, 2.05) is 57.5 Å². The van der Waals surface area contributed by atoms with Gasteiger partial charge < -0.3 is 43.2 Å². The van der Waals surface area contributed by atoms with Gasteiger partial charge in [0.25, 0.3) is 0 Å². The van der Waals surface area contributed by atoms with Gasteiger partial charge in [-0.1, -0.05) is 27.7 Å². The number of aliphatic hydroxyl groups is 1. The van der Waals surface area contributed by atoms with Crippen molar-refractivity contribution < 1.29 is 48.0 Å². The standard InChI is InChI=1S/C42H64N6O10/c1-11-34-42(12-2)33(48(40(53)58-42)16-14-13-15-47-22-30(45-24-47)29-20-43-23-44-21-29)18-32(49)25(3)19-41(7,54-10)37(27(5)35(50)28(6)38(52)56-34)57-39-36(51)31(46(8)9)17-26(4)55-39/h20-28,31,33-34,36-37,39,51H,11-19H2,1-10H3/t25-,26-,27+,28-,31+,33-,34-,36-,37-,39?,41-,42+/m1/s1. The van der Waals surface area contributed by atoms with E-state index >= 15 is 0 Å². The highest BCUT2D eigenvalue weighted by molar-refractivity contribution is 6.00. The highest BCUT2D eigenvalue weighted by Gasteiger charge is 2.59. The zero-order chi connectivity index (χ0) is 42.5. The highest BCUT2D eigenvalue weighted by atomic mass is 16.7. The zero-order valence-corrected chi connectivity index (χ0v) is 35.8. The molecule has 1 amide bonds. The van der Waals surface area contributed by atoms with Crippen molar-refractivity contribution in [2.24, 2.45) is 17.8 Å². The summed E-state index contributed by atoms with van der Waals surface area (Å²) in [7, 11) is 5.24. The fourth-order valence-corrected chi connectivity index (χ4v) is 9.12. The molecular weight excluding hydrogens is 748 g/mol. The number of rotatable bonds is 12. The molecule has 0 saturated carbocycles. The highest BCUT2D eigenvalue weighted by Crippen LogP contribution is 2.43. The zero-order valence-electron chi connectivity index (χ0n) is 35.8. The number of imidazole rings is 1. The van der Waals surface area contributed by atoms with E-state index in [4.69, 9.17) is 23.7 Å². The summed E-state index contributed by atoms with van der Waals surface area (Å²) in [5.41, 5.74) is -1.03. The number of esters is 1. The maximum atomic E-state index is 14.5.